The average Bonchev–Trinajstić information content (AvgIpc) is 2.97. The van der Waals surface area contributed by atoms with Crippen LogP contribution in [0.4, 0.5) is 5.82 Å². The van der Waals surface area contributed by atoms with E-state index in [-0.39, 0.29) is 0 Å². The Kier molecular flexibility index (Phi) is 3.98. The van der Waals surface area contributed by atoms with E-state index in [1.807, 2.05) is 0 Å². The van der Waals surface area contributed by atoms with Crippen LogP contribution in [0.5, 0.6) is 0 Å². The Morgan fingerprint density at radius 2 is 2.30 bits per heavy atom. The van der Waals surface area contributed by atoms with Crippen molar-refractivity contribution < 1.29 is 0 Å². The van der Waals surface area contributed by atoms with Crippen molar-refractivity contribution in [2.45, 2.75) is 33.2 Å². The maximum Gasteiger partial charge on any atom is 0.195 e. The highest BCUT2D eigenvalue weighted by Crippen LogP contribution is 2.32. The summed E-state index contributed by atoms with van der Waals surface area (Å²) >= 11 is 1.71. The van der Waals surface area contributed by atoms with Crippen molar-refractivity contribution in [2.24, 2.45) is 11.8 Å². The fourth-order valence-electron chi connectivity index (χ4n) is 2.54. The summed E-state index contributed by atoms with van der Waals surface area (Å²) in [5.74, 6) is 2.71. The first kappa shape index (κ1) is 13.9. The van der Waals surface area contributed by atoms with E-state index in [9.17, 15) is 0 Å². The Morgan fingerprint density at radius 3 is 3.00 bits per heavy atom. The number of nitrogens with one attached hydrogen (secondary N) is 1. The summed E-state index contributed by atoms with van der Waals surface area (Å²) in [6, 6.07) is 0. The normalized spacial score (nSPS) is 15.4. The van der Waals surface area contributed by atoms with Gasteiger partial charge < -0.3 is 10.2 Å². The molecule has 4 nitrogen and oxygen atoms in total. The molecule has 0 bridgehead atoms. The summed E-state index contributed by atoms with van der Waals surface area (Å²) in [6.45, 7) is 7.55. The highest BCUT2D eigenvalue weighted by Gasteiger charge is 2.25. The number of nitrogens with zero attached hydrogens (tertiary/aromatic N) is 3. The summed E-state index contributed by atoms with van der Waals surface area (Å²) in [7, 11) is 2.18. The van der Waals surface area contributed by atoms with Gasteiger partial charge in [-0.25, -0.2) is 4.98 Å². The van der Waals surface area contributed by atoms with E-state index < -0.39 is 0 Å². The van der Waals surface area contributed by atoms with Crippen LogP contribution in [0.1, 0.15) is 32.4 Å². The Morgan fingerprint density at radius 1 is 1.50 bits per heavy atom. The summed E-state index contributed by atoms with van der Waals surface area (Å²) in [4.78, 5) is 8.26. The van der Waals surface area contributed by atoms with Crippen LogP contribution in [-0.2, 0) is 6.54 Å². The number of hydrogen-bond acceptors (Lipinski definition) is 4. The average molecular weight is 292 g/mol. The molecule has 3 rings (SSSR count). The molecule has 0 aromatic carbocycles. The second-order valence-corrected chi connectivity index (χ2v) is 7.16. The highest BCUT2D eigenvalue weighted by atomic mass is 32.1. The van der Waals surface area contributed by atoms with Gasteiger partial charge in [0.25, 0.3) is 0 Å². The van der Waals surface area contributed by atoms with Gasteiger partial charge in [-0.15, -0.1) is 11.3 Å². The maximum atomic E-state index is 4.82. The molecule has 0 radical (unpaired) electrons. The van der Waals surface area contributed by atoms with Gasteiger partial charge in [-0.2, -0.15) is 0 Å². The van der Waals surface area contributed by atoms with Gasteiger partial charge in [0.2, 0.25) is 0 Å². The van der Waals surface area contributed by atoms with Crippen LogP contribution in [0.2, 0.25) is 0 Å². The zero-order valence-corrected chi connectivity index (χ0v) is 13.4. The van der Waals surface area contributed by atoms with E-state index in [1.165, 1.54) is 18.5 Å². The largest absolute Gasteiger partial charge is 0.358 e. The summed E-state index contributed by atoms with van der Waals surface area (Å²) in [6.07, 6.45) is 4.90. The molecule has 20 heavy (non-hydrogen) atoms. The standard InChI is InChI=1S/C15H24N4S/c1-11(2)8-16-9-13-14(18(3)10-12-4-5-12)17-15-19(13)6-7-20-15/h6-7,11-12,16H,4-5,8-10H2,1-3H3. The fourth-order valence-corrected chi connectivity index (χ4v) is 3.27. The monoisotopic (exact) mass is 292 g/mol. The number of anilines is 1. The first-order chi connectivity index (χ1) is 9.65. The lowest BCUT2D eigenvalue weighted by Crippen LogP contribution is -2.25. The zero-order valence-electron chi connectivity index (χ0n) is 12.6. The molecule has 1 aliphatic carbocycles. The number of fused-ring (bicyclic) bond motifs is 1. The molecule has 5 heteroatoms. The second kappa shape index (κ2) is 5.74. The van der Waals surface area contributed by atoms with Gasteiger partial charge in [-0.3, -0.25) is 4.40 Å². The molecular weight excluding hydrogens is 268 g/mol. The number of hydrogen-bond donors (Lipinski definition) is 1. The molecule has 0 saturated heterocycles. The van der Waals surface area contributed by atoms with Gasteiger partial charge in [-0.05, 0) is 31.2 Å². The van der Waals surface area contributed by atoms with Gasteiger partial charge in [0.15, 0.2) is 10.8 Å². The highest BCUT2D eigenvalue weighted by molar-refractivity contribution is 7.15. The Balaban J connectivity index is 1.79. The predicted octanol–water partition coefficient (Wildman–Crippen LogP) is 2.99. The second-order valence-electron chi connectivity index (χ2n) is 6.29. The van der Waals surface area contributed by atoms with Crippen molar-refractivity contribution in [2.75, 3.05) is 25.0 Å². The van der Waals surface area contributed by atoms with E-state index in [4.69, 9.17) is 4.98 Å². The summed E-state index contributed by atoms with van der Waals surface area (Å²) in [5, 5.41) is 5.66. The van der Waals surface area contributed by atoms with Crippen LogP contribution < -0.4 is 10.2 Å². The molecule has 1 saturated carbocycles. The minimum absolute atomic E-state index is 0.675. The lowest BCUT2D eigenvalue weighted by molar-refractivity contribution is 0.547. The summed E-state index contributed by atoms with van der Waals surface area (Å²) < 4.78 is 2.23. The first-order valence-electron chi connectivity index (χ1n) is 7.51. The third kappa shape index (κ3) is 2.99. The van der Waals surface area contributed by atoms with Crippen molar-refractivity contribution in [3.8, 4) is 0 Å². The summed E-state index contributed by atoms with van der Waals surface area (Å²) in [5.41, 5.74) is 1.30. The number of imidazole rings is 1. The van der Waals surface area contributed by atoms with Crippen molar-refractivity contribution in [1.82, 2.24) is 14.7 Å². The smallest absolute Gasteiger partial charge is 0.195 e. The SMILES string of the molecule is CC(C)CNCc1c(N(C)CC2CC2)nc2sccn12. The van der Waals surface area contributed by atoms with Crippen LogP contribution in [-0.4, -0.2) is 29.5 Å². The van der Waals surface area contributed by atoms with Crippen molar-refractivity contribution in [3.05, 3.63) is 17.3 Å². The topological polar surface area (TPSA) is 32.6 Å². The predicted molar refractivity (Wildman–Crippen MR) is 85.6 cm³/mol. The van der Waals surface area contributed by atoms with Gasteiger partial charge in [0.05, 0.1) is 5.69 Å². The minimum atomic E-state index is 0.675. The third-order valence-electron chi connectivity index (χ3n) is 3.78. The molecule has 1 aliphatic rings. The van der Waals surface area contributed by atoms with Gasteiger partial charge in [0, 0.05) is 31.7 Å². The molecule has 110 valence electrons. The number of aromatic nitrogens is 2. The van der Waals surface area contributed by atoms with Gasteiger partial charge >= 0.3 is 0 Å². The van der Waals surface area contributed by atoms with Crippen LogP contribution in [0.15, 0.2) is 11.6 Å². The Hall–Kier alpha value is -1.07. The van der Waals surface area contributed by atoms with E-state index in [0.29, 0.717) is 5.92 Å². The van der Waals surface area contributed by atoms with Gasteiger partial charge in [0.1, 0.15) is 0 Å². The van der Waals surface area contributed by atoms with E-state index in [2.05, 4.69) is 47.1 Å². The molecule has 1 N–H and O–H groups in total. The third-order valence-corrected chi connectivity index (χ3v) is 4.53. The minimum Gasteiger partial charge on any atom is -0.358 e. The fraction of sp³-hybridized carbons (Fsp3) is 0.667. The molecule has 0 amide bonds. The lowest BCUT2D eigenvalue weighted by Gasteiger charge is -2.18. The maximum absolute atomic E-state index is 4.82. The molecule has 0 unspecified atom stereocenters. The quantitative estimate of drug-likeness (QED) is 0.851. The van der Waals surface area contributed by atoms with Crippen LogP contribution >= 0.6 is 11.3 Å². The molecule has 2 aromatic heterocycles. The van der Waals surface area contributed by atoms with Crippen LogP contribution in [0.3, 0.4) is 0 Å². The molecule has 1 fully saturated rings. The molecule has 0 aliphatic heterocycles. The van der Waals surface area contributed by atoms with Crippen molar-refractivity contribution >= 4 is 22.1 Å². The Bertz CT molecular complexity index is 567. The van der Waals surface area contributed by atoms with E-state index in [1.54, 1.807) is 11.3 Å². The lowest BCUT2D eigenvalue weighted by atomic mass is 10.2. The number of rotatable bonds is 7. The molecule has 0 atom stereocenters. The van der Waals surface area contributed by atoms with Crippen molar-refractivity contribution in [1.29, 1.82) is 0 Å². The molecular formula is C15H24N4S. The Labute approximate surface area is 124 Å². The van der Waals surface area contributed by atoms with E-state index >= 15 is 0 Å². The molecule has 0 spiro atoms. The first-order valence-corrected chi connectivity index (χ1v) is 8.39. The zero-order chi connectivity index (χ0) is 14.1. The van der Waals surface area contributed by atoms with Crippen molar-refractivity contribution in [3.63, 3.8) is 0 Å². The van der Waals surface area contributed by atoms with Crippen LogP contribution in [0, 0.1) is 11.8 Å². The van der Waals surface area contributed by atoms with E-state index in [0.717, 1.165) is 36.3 Å². The number of thiazole rings is 1. The van der Waals surface area contributed by atoms with Gasteiger partial charge in [-0.1, -0.05) is 13.8 Å². The molecule has 2 aromatic rings. The molecule has 2 heterocycles. The van der Waals surface area contributed by atoms with Crippen LogP contribution in [0.25, 0.3) is 4.96 Å².